The Morgan fingerprint density at radius 3 is 2.45 bits per heavy atom. The minimum Gasteiger partial charge on any atom is -0.478 e. The Morgan fingerprint density at radius 1 is 1.02 bits per heavy atom. The number of carbonyl (C=O) groups excluding carboxylic acids is 1. The summed E-state index contributed by atoms with van der Waals surface area (Å²) in [5.74, 6) is -2.03. The number of nitrogens with zero attached hydrogens (tertiary/aromatic N) is 3. The van der Waals surface area contributed by atoms with Crippen molar-refractivity contribution >= 4 is 17.6 Å². The fourth-order valence-electron chi connectivity index (χ4n) is 7.02. The van der Waals surface area contributed by atoms with Crippen LogP contribution in [-0.2, 0) is 28.7 Å². The number of ether oxygens (including phenoxy) is 1. The highest BCUT2D eigenvalue weighted by Crippen LogP contribution is 2.48. The molecule has 4 aliphatic rings. The topological polar surface area (TPSA) is 73.3 Å². The molecule has 42 heavy (non-hydrogen) atoms. The van der Waals surface area contributed by atoms with Crippen molar-refractivity contribution in [3.05, 3.63) is 64.5 Å². The van der Waals surface area contributed by atoms with E-state index in [-0.39, 0.29) is 36.0 Å². The Kier molecular flexibility index (Phi) is 7.45. The number of piperazine rings is 1. The number of alkyl halides is 3. The SMILES string of the molecule is C[C@H]1CN(C2CC[C@@](C(=O)N3CCc4ccc(C(F)(F)F)cc4C3)(C3CC3)OC2)CCN1c1ccc(F)c(C(=O)O)c1. The summed E-state index contributed by atoms with van der Waals surface area (Å²) in [5, 5.41) is 9.31. The molecule has 3 fully saturated rings. The number of carbonyl (C=O) groups is 2. The Hall–Kier alpha value is -3.18. The zero-order valence-corrected chi connectivity index (χ0v) is 23.5. The largest absolute Gasteiger partial charge is 0.478 e. The fourth-order valence-corrected chi connectivity index (χ4v) is 7.02. The van der Waals surface area contributed by atoms with Crippen LogP contribution in [-0.4, -0.2) is 77.3 Å². The molecule has 11 heteroatoms. The zero-order valence-electron chi connectivity index (χ0n) is 23.5. The van der Waals surface area contributed by atoms with E-state index in [1.165, 1.54) is 24.3 Å². The van der Waals surface area contributed by atoms with E-state index in [1.54, 1.807) is 11.0 Å². The molecule has 0 spiro atoms. The van der Waals surface area contributed by atoms with Crippen molar-refractivity contribution in [2.45, 2.75) is 69.4 Å². The molecule has 226 valence electrons. The summed E-state index contributed by atoms with van der Waals surface area (Å²) in [6.45, 7) is 5.14. The Morgan fingerprint density at radius 2 is 1.81 bits per heavy atom. The summed E-state index contributed by atoms with van der Waals surface area (Å²) in [5.41, 5.74) is 0.106. The van der Waals surface area contributed by atoms with Gasteiger partial charge in [0.1, 0.15) is 11.4 Å². The molecule has 1 N–H and O–H groups in total. The van der Waals surface area contributed by atoms with Gasteiger partial charge in [-0.2, -0.15) is 13.2 Å². The molecule has 3 atom stereocenters. The smallest absolute Gasteiger partial charge is 0.416 e. The van der Waals surface area contributed by atoms with Gasteiger partial charge in [-0.3, -0.25) is 9.69 Å². The highest BCUT2D eigenvalue weighted by molar-refractivity contribution is 5.89. The second-order valence-electron chi connectivity index (χ2n) is 12.1. The quantitative estimate of drug-likeness (QED) is 0.497. The van der Waals surface area contributed by atoms with Gasteiger partial charge >= 0.3 is 12.1 Å². The predicted octanol–water partition coefficient (Wildman–Crippen LogP) is 4.97. The maximum absolute atomic E-state index is 14.0. The van der Waals surface area contributed by atoms with Crippen LogP contribution >= 0.6 is 0 Å². The van der Waals surface area contributed by atoms with Gasteiger partial charge < -0.3 is 19.6 Å². The van der Waals surface area contributed by atoms with Crippen LogP contribution in [0.15, 0.2) is 36.4 Å². The van der Waals surface area contributed by atoms with E-state index < -0.39 is 29.1 Å². The normalized spacial score (nSPS) is 27.1. The molecular weight excluding hydrogens is 554 g/mol. The van der Waals surface area contributed by atoms with Gasteiger partial charge in [-0.15, -0.1) is 0 Å². The van der Waals surface area contributed by atoms with E-state index in [0.717, 1.165) is 30.9 Å². The standard InChI is InChI=1S/C31H35F4N3O4/c1-19-16-36(12-13-38(19)24-6-7-27(32)26(15-24)28(39)40)25-8-10-30(42-18-25,22-4-5-22)29(41)37-11-9-20-2-3-23(31(33,34)35)14-21(20)17-37/h2-3,6-7,14-15,19,22,25H,4-5,8-13,16-18H2,1H3,(H,39,40)/t19-,25?,30-/m0/s1. The first-order chi connectivity index (χ1) is 20.0. The molecule has 1 unspecified atom stereocenters. The number of carboxylic acids is 1. The second kappa shape index (κ2) is 10.8. The number of amides is 1. The average Bonchev–Trinajstić information content (AvgIpc) is 3.82. The van der Waals surface area contributed by atoms with Gasteiger partial charge in [-0.1, -0.05) is 6.07 Å². The van der Waals surface area contributed by atoms with Crippen molar-refractivity contribution in [2.24, 2.45) is 5.92 Å². The highest BCUT2D eigenvalue weighted by Gasteiger charge is 2.56. The number of benzene rings is 2. The number of fused-ring (bicyclic) bond motifs is 1. The number of anilines is 1. The lowest BCUT2D eigenvalue weighted by molar-refractivity contribution is -0.176. The maximum atomic E-state index is 14.0. The van der Waals surface area contributed by atoms with E-state index in [1.807, 2.05) is 0 Å². The highest BCUT2D eigenvalue weighted by atomic mass is 19.4. The van der Waals surface area contributed by atoms with Gasteiger partial charge in [0.25, 0.3) is 5.91 Å². The van der Waals surface area contributed by atoms with Crippen LogP contribution in [0.5, 0.6) is 0 Å². The molecule has 0 radical (unpaired) electrons. The molecule has 1 amide bonds. The number of rotatable bonds is 5. The van der Waals surface area contributed by atoms with Crippen LogP contribution in [0.1, 0.15) is 59.7 Å². The molecule has 7 nitrogen and oxygen atoms in total. The van der Waals surface area contributed by atoms with Gasteiger partial charge in [-0.05, 0) is 86.4 Å². The van der Waals surface area contributed by atoms with Crippen molar-refractivity contribution in [1.82, 2.24) is 9.80 Å². The Labute approximate surface area is 242 Å². The molecule has 3 heterocycles. The van der Waals surface area contributed by atoms with E-state index in [2.05, 4.69) is 16.7 Å². The molecule has 2 aromatic carbocycles. The first-order valence-corrected chi connectivity index (χ1v) is 14.6. The van der Waals surface area contributed by atoms with Crippen molar-refractivity contribution in [3.63, 3.8) is 0 Å². The molecule has 2 saturated heterocycles. The van der Waals surface area contributed by atoms with E-state index in [4.69, 9.17) is 4.74 Å². The summed E-state index contributed by atoms with van der Waals surface area (Å²) in [6.07, 6.45) is -0.747. The van der Waals surface area contributed by atoms with Gasteiger partial charge in [0.15, 0.2) is 0 Å². The zero-order chi connectivity index (χ0) is 29.8. The lowest BCUT2D eigenvalue weighted by atomic mass is 9.84. The van der Waals surface area contributed by atoms with Crippen LogP contribution in [0.25, 0.3) is 0 Å². The lowest BCUT2D eigenvalue weighted by Crippen LogP contribution is -2.61. The summed E-state index contributed by atoms with van der Waals surface area (Å²) < 4.78 is 60.4. The van der Waals surface area contributed by atoms with Gasteiger partial charge in [0.05, 0.1) is 17.7 Å². The molecular formula is C31H35F4N3O4. The monoisotopic (exact) mass is 589 g/mol. The minimum absolute atomic E-state index is 0.0533. The fraction of sp³-hybridized carbons (Fsp3) is 0.548. The molecule has 0 aromatic heterocycles. The number of aromatic carboxylic acids is 1. The summed E-state index contributed by atoms with van der Waals surface area (Å²) in [6, 6.07) is 8.16. The summed E-state index contributed by atoms with van der Waals surface area (Å²) in [4.78, 5) is 31.5. The van der Waals surface area contributed by atoms with Crippen molar-refractivity contribution in [2.75, 3.05) is 37.7 Å². The molecule has 2 aromatic rings. The lowest BCUT2D eigenvalue weighted by Gasteiger charge is -2.48. The number of hydrogen-bond donors (Lipinski definition) is 1. The van der Waals surface area contributed by atoms with E-state index in [0.29, 0.717) is 56.9 Å². The van der Waals surface area contributed by atoms with Gasteiger partial charge in [0.2, 0.25) is 0 Å². The molecule has 3 aliphatic heterocycles. The Bertz CT molecular complexity index is 1370. The van der Waals surface area contributed by atoms with Crippen molar-refractivity contribution in [3.8, 4) is 0 Å². The van der Waals surface area contributed by atoms with Crippen LogP contribution in [0.2, 0.25) is 0 Å². The third kappa shape index (κ3) is 5.37. The number of carboxylic acid groups (broad SMARTS) is 1. The van der Waals surface area contributed by atoms with Crippen LogP contribution < -0.4 is 4.90 Å². The van der Waals surface area contributed by atoms with Crippen LogP contribution in [0.4, 0.5) is 23.2 Å². The van der Waals surface area contributed by atoms with Gasteiger partial charge in [0, 0.05) is 50.5 Å². The summed E-state index contributed by atoms with van der Waals surface area (Å²) in [7, 11) is 0. The van der Waals surface area contributed by atoms with Gasteiger partial charge in [-0.25, -0.2) is 9.18 Å². The number of hydrogen-bond acceptors (Lipinski definition) is 5. The van der Waals surface area contributed by atoms with Crippen LogP contribution in [0, 0.1) is 11.7 Å². The third-order valence-corrected chi connectivity index (χ3v) is 9.50. The molecule has 0 bridgehead atoms. The molecule has 1 saturated carbocycles. The first-order valence-electron chi connectivity index (χ1n) is 14.6. The van der Waals surface area contributed by atoms with Crippen LogP contribution in [0.3, 0.4) is 0 Å². The van der Waals surface area contributed by atoms with Crippen molar-refractivity contribution < 1.29 is 37.0 Å². The Balaban J connectivity index is 1.10. The van der Waals surface area contributed by atoms with Crippen molar-refractivity contribution in [1.29, 1.82) is 0 Å². The van der Waals surface area contributed by atoms with E-state index >= 15 is 0 Å². The maximum Gasteiger partial charge on any atom is 0.416 e. The predicted molar refractivity (Wildman–Crippen MR) is 147 cm³/mol. The number of halogens is 4. The molecule has 1 aliphatic carbocycles. The second-order valence-corrected chi connectivity index (χ2v) is 12.1. The summed E-state index contributed by atoms with van der Waals surface area (Å²) >= 11 is 0. The minimum atomic E-state index is -4.43. The molecule has 6 rings (SSSR count). The first kappa shape index (κ1) is 28.9. The average molecular weight is 590 g/mol. The van der Waals surface area contributed by atoms with E-state index in [9.17, 15) is 32.3 Å². The third-order valence-electron chi connectivity index (χ3n) is 9.50.